The number of aliphatic hydroxyl groups excluding tert-OH is 1. The number of rotatable bonds is 9. The van der Waals surface area contributed by atoms with Gasteiger partial charge in [-0.25, -0.2) is 8.78 Å². The van der Waals surface area contributed by atoms with Crippen molar-refractivity contribution >= 4 is 34.0 Å². The molecular formula is C31H36F2N6O3. The number of anilines is 3. The topological polar surface area (TPSA) is 106 Å². The van der Waals surface area contributed by atoms with E-state index in [4.69, 9.17) is 4.74 Å². The zero-order valence-electron chi connectivity index (χ0n) is 24.2. The first-order valence-electron chi connectivity index (χ1n) is 13.8. The molecule has 1 aromatic heterocycles. The largest absolute Gasteiger partial charge is 0.384 e. The summed E-state index contributed by atoms with van der Waals surface area (Å²) in [4.78, 5) is 18.3. The lowest BCUT2D eigenvalue weighted by Crippen LogP contribution is -2.44. The normalized spacial score (nSPS) is 15.2. The number of carbonyl (C=O) groups is 1. The Morgan fingerprint density at radius 3 is 2.45 bits per heavy atom. The number of H-pyrrole nitrogens is 1. The predicted octanol–water partition coefficient (Wildman–Crippen LogP) is 4.76. The van der Waals surface area contributed by atoms with Crippen LogP contribution in [0, 0.1) is 11.6 Å². The van der Waals surface area contributed by atoms with E-state index in [9.17, 15) is 18.7 Å². The van der Waals surface area contributed by atoms with Crippen molar-refractivity contribution in [2.24, 2.45) is 0 Å². The molecule has 0 aliphatic carbocycles. The van der Waals surface area contributed by atoms with E-state index in [1.807, 2.05) is 26.0 Å². The summed E-state index contributed by atoms with van der Waals surface area (Å²) in [6.45, 7) is 8.11. The molecule has 9 nitrogen and oxygen atoms in total. The van der Waals surface area contributed by atoms with Crippen LogP contribution in [0.3, 0.4) is 0 Å². The number of aliphatic hydroxyl groups is 1. The van der Waals surface area contributed by atoms with E-state index < -0.39 is 23.3 Å². The summed E-state index contributed by atoms with van der Waals surface area (Å²) < 4.78 is 32.9. The highest BCUT2D eigenvalue weighted by atomic mass is 19.1. The van der Waals surface area contributed by atoms with E-state index in [0.29, 0.717) is 34.3 Å². The fraction of sp³-hybridized carbons (Fsp3) is 0.355. The number of ether oxygens (including phenoxy) is 1. The molecule has 1 aliphatic heterocycles. The molecule has 1 aliphatic rings. The molecule has 4 aromatic rings. The summed E-state index contributed by atoms with van der Waals surface area (Å²) in [5, 5.41) is 24.9. The fourth-order valence-electron chi connectivity index (χ4n) is 5.25. The van der Waals surface area contributed by atoms with E-state index in [0.717, 1.165) is 50.1 Å². The number of fused-ring (bicyclic) bond motifs is 1. The van der Waals surface area contributed by atoms with Crippen LogP contribution in [-0.2, 0) is 4.74 Å². The average molecular weight is 579 g/mol. The molecule has 1 fully saturated rings. The maximum atomic E-state index is 13.8. The monoisotopic (exact) mass is 578 g/mol. The molecule has 1 saturated heterocycles. The van der Waals surface area contributed by atoms with Crippen molar-refractivity contribution in [3.8, 4) is 0 Å². The molecule has 11 heteroatoms. The van der Waals surface area contributed by atoms with Crippen LogP contribution >= 0.6 is 0 Å². The van der Waals surface area contributed by atoms with E-state index in [-0.39, 0.29) is 17.3 Å². The Balaban J connectivity index is 1.44. The van der Waals surface area contributed by atoms with Crippen LogP contribution in [0.25, 0.3) is 10.9 Å². The summed E-state index contributed by atoms with van der Waals surface area (Å²) in [6, 6.07) is 13.6. The zero-order valence-corrected chi connectivity index (χ0v) is 24.2. The minimum Gasteiger partial charge on any atom is -0.384 e. The number of aromatic amines is 1. The molecule has 1 amide bonds. The summed E-state index contributed by atoms with van der Waals surface area (Å²) in [5.74, 6) is -1.67. The number of amides is 1. The molecule has 2 heterocycles. The van der Waals surface area contributed by atoms with Gasteiger partial charge in [0.05, 0.1) is 23.2 Å². The van der Waals surface area contributed by atoms with Crippen molar-refractivity contribution in [1.82, 2.24) is 15.1 Å². The minimum atomic E-state index is -1.28. The van der Waals surface area contributed by atoms with Crippen LogP contribution in [0.15, 0.2) is 54.6 Å². The SMILES string of the molecule is COCC(C)(C)Nc1cc(N2CCN(C)CC2)ccc1C(=O)Nc1n[nH]c2ccc(C(O)c3cc(F)cc(F)c3)cc12. The van der Waals surface area contributed by atoms with Gasteiger partial charge >= 0.3 is 0 Å². The molecule has 4 N–H and O–H groups in total. The molecular weight excluding hydrogens is 542 g/mol. The molecule has 222 valence electrons. The quantitative estimate of drug-likeness (QED) is 0.227. The highest BCUT2D eigenvalue weighted by Crippen LogP contribution is 2.31. The third-order valence-electron chi connectivity index (χ3n) is 7.43. The molecule has 0 radical (unpaired) electrons. The lowest BCUT2D eigenvalue weighted by Gasteiger charge is -2.35. The van der Waals surface area contributed by atoms with E-state index in [2.05, 4.69) is 37.7 Å². The van der Waals surface area contributed by atoms with Gasteiger partial charge in [0.2, 0.25) is 0 Å². The number of carbonyl (C=O) groups excluding carboxylic acids is 1. The summed E-state index contributed by atoms with van der Waals surface area (Å²) in [5.41, 5.74) is 2.75. The van der Waals surface area contributed by atoms with E-state index in [1.54, 1.807) is 31.4 Å². The Labute approximate surface area is 243 Å². The van der Waals surface area contributed by atoms with E-state index in [1.165, 1.54) is 0 Å². The van der Waals surface area contributed by atoms with Crippen molar-refractivity contribution in [3.63, 3.8) is 0 Å². The maximum absolute atomic E-state index is 13.8. The molecule has 0 spiro atoms. The summed E-state index contributed by atoms with van der Waals surface area (Å²) in [7, 11) is 3.74. The Kier molecular flexibility index (Phi) is 8.44. The molecule has 0 saturated carbocycles. The Hall–Kier alpha value is -4.06. The van der Waals surface area contributed by atoms with Gasteiger partial charge in [-0.2, -0.15) is 5.10 Å². The fourth-order valence-corrected chi connectivity index (χ4v) is 5.25. The highest BCUT2D eigenvalue weighted by Gasteiger charge is 2.24. The second kappa shape index (κ2) is 12.0. The Morgan fingerprint density at radius 1 is 1.05 bits per heavy atom. The van der Waals surface area contributed by atoms with Gasteiger partial charge in [-0.1, -0.05) is 6.07 Å². The number of benzene rings is 3. The number of hydrogen-bond donors (Lipinski definition) is 4. The van der Waals surface area contributed by atoms with Crippen molar-refractivity contribution < 1.29 is 23.4 Å². The van der Waals surface area contributed by atoms with Gasteiger partial charge in [0.15, 0.2) is 5.82 Å². The lowest BCUT2D eigenvalue weighted by atomic mass is 10.00. The number of likely N-dealkylation sites (N-methyl/N-ethyl adjacent to an activating group) is 1. The van der Waals surface area contributed by atoms with Crippen LogP contribution in [0.4, 0.5) is 26.0 Å². The summed E-state index contributed by atoms with van der Waals surface area (Å²) >= 11 is 0. The maximum Gasteiger partial charge on any atom is 0.258 e. The predicted molar refractivity (Wildman–Crippen MR) is 160 cm³/mol. The van der Waals surface area contributed by atoms with Crippen LogP contribution in [0.5, 0.6) is 0 Å². The number of methoxy groups -OCH3 is 1. The van der Waals surface area contributed by atoms with Crippen molar-refractivity contribution in [2.45, 2.75) is 25.5 Å². The molecule has 3 aromatic carbocycles. The van der Waals surface area contributed by atoms with Crippen molar-refractivity contribution in [2.75, 3.05) is 62.5 Å². The van der Waals surface area contributed by atoms with Gasteiger partial charge < -0.3 is 30.3 Å². The summed E-state index contributed by atoms with van der Waals surface area (Å²) in [6.07, 6.45) is -1.28. The van der Waals surface area contributed by atoms with Gasteiger partial charge in [-0.3, -0.25) is 9.89 Å². The van der Waals surface area contributed by atoms with Crippen molar-refractivity contribution in [1.29, 1.82) is 0 Å². The first-order chi connectivity index (χ1) is 20.0. The molecule has 1 unspecified atom stereocenters. The smallest absolute Gasteiger partial charge is 0.258 e. The first kappa shape index (κ1) is 29.4. The van der Waals surface area contributed by atoms with Crippen LogP contribution in [-0.4, -0.2) is 78.6 Å². The van der Waals surface area contributed by atoms with Gasteiger partial charge in [0, 0.05) is 56.1 Å². The first-order valence-corrected chi connectivity index (χ1v) is 13.8. The Bertz CT molecular complexity index is 1560. The highest BCUT2D eigenvalue weighted by molar-refractivity contribution is 6.11. The lowest BCUT2D eigenvalue weighted by molar-refractivity contribution is 0.102. The second-order valence-electron chi connectivity index (χ2n) is 11.4. The second-order valence-corrected chi connectivity index (χ2v) is 11.4. The average Bonchev–Trinajstić information content (AvgIpc) is 3.34. The number of aromatic nitrogens is 2. The Morgan fingerprint density at radius 2 is 1.76 bits per heavy atom. The van der Waals surface area contributed by atoms with E-state index >= 15 is 0 Å². The van der Waals surface area contributed by atoms with Crippen LogP contribution < -0.4 is 15.5 Å². The molecule has 42 heavy (non-hydrogen) atoms. The number of halogens is 2. The number of piperazine rings is 1. The van der Waals surface area contributed by atoms with Gasteiger partial charge in [0.1, 0.15) is 17.7 Å². The van der Waals surface area contributed by atoms with Crippen LogP contribution in [0.1, 0.15) is 41.4 Å². The van der Waals surface area contributed by atoms with Gasteiger partial charge in [-0.05, 0) is 74.5 Å². The van der Waals surface area contributed by atoms with Crippen molar-refractivity contribution in [3.05, 3.63) is 82.9 Å². The van der Waals surface area contributed by atoms with Crippen LogP contribution in [0.2, 0.25) is 0 Å². The standard InChI is InChI=1S/C31H36F2N6O3/c1-31(2,18-42-4)35-27-17-23(39-11-9-38(3)10-12-39)6-7-24(27)30(41)34-29-25-15-19(5-8-26(25)36-37-29)28(40)20-13-21(32)16-22(33)14-20/h5-8,13-17,28,35,40H,9-12,18H2,1-4H3,(H2,34,36,37,41). The third-order valence-corrected chi connectivity index (χ3v) is 7.43. The van der Waals surface area contributed by atoms with Gasteiger partial charge in [-0.15, -0.1) is 0 Å². The molecule has 0 bridgehead atoms. The third kappa shape index (κ3) is 6.53. The number of hydrogen-bond acceptors (Lipinski definition) is 7. The van der Waals surface area contributed by atoms with Gasteiger partial charge in [0.25, 0.3) is 5.91 Å². The molecule has 1 atom stereocenters. The number of nitrogens with one attached hydrogen (secondary N) is 3. The molecule has 5 rings (SSSR count). The number of nitrogens with zero attached hydrogens (tertiary/aromatic N) is 3. The zero-order chi connectivity index (χ0) is 30.0. The minimum absolute atomic E-state index is 0.0794.